The second-order valence-electron chi connectivity index (χ2n) is 7.60. The molecule has 5 rings (SSSR count). The molecule has 1 saturated heterocycles. The molecule has 29 heavy (non-hydrogen) atoms. The van der Waals surface area contributed by atoms with Crippen molar-refractivity contribution < 1.29 is 9.53 Å². The Balaban J connectivity index is 1.39. The third-order valence-corrected chi connectivity index (χ3v) is 5.84. The minimum Gasteiger partial charge on any atom is -0.363 e. The van der Waals surface area contributed by atoms with E-state index in [1.54, 1.807) is 12.4 Å². The normalized spacial score (nSPS) is 21.5. The van der Waals surface area contributed by atoms with Gasteiger partial charge in [-0.15, -0.1) is 0 Å². The van der Waals surface area contributed by atoms with E-state index in [1.165, 1.54) is 5.56 Å². The Morgan fingerprint density at radius 1 is 1.24 bits per heavy atom. The van der Waals surface area contributed by atoms with Gasteiger partial charge in [0.2, 0.25) is 0 Å². The summed E-state index contributed by atoms with van der Waals surface area (Å²) >= 11 is 0. The van der Waals surface area contributed by atoms with Crippen LogP contribution in [0.15, 0.2) is 36.7 Å². The second kappa shape index (κ2) is 7.53. The zero-order chi connectivity index (χ0) is 19.8. The fourth-order valence-corrected chi connectivity index (χ4v) is 4.43. The molecule has 0 spiro atoms. The van der Waals surface area contributed by atoms with E-state index in [2.05, 4.69) is 16.0 Å². The molecule has 4 heterocycles. The van der Waals surface area contributed by atoms with E-state index in [0.717, 1.165) is 35.3 Å². The van der Waals surface area contributed by atoms with E-state index in [4.69, 9.17) is 15.6 Å². The number of likely N-dealkylation sites (tertiary alicyclic amines) is 1. The van der Waals surface area contributed by atoms with Gasteiger partial charge < -0.3 is 15.4 Å². The van der Waals surface area contributed by atoms with Crippen molar-refractivity contribution in [2.24, 2.45) is 5.73 Å². The maximum absolute atomic E-state index is 13.2. The molecule has 0 unspecified atom stereocenters. The maximum Gasteiger partial charge on any atom is 0.256 e. The summed E-state index contributed by atoms with van der Waals surface area (Å²) in [5.41, 5.74) is 10.4. The van der Waals surface area contributed by atoms with Crippen LogP contribution in [-0.4, -0.2) is 56.8 Å². The van der Waals surface area contributed by atoms with Gasteiger partial charge in [-0.3, -0.25) is 4.79 Å². The van der Waals surface area contributed by atoms with Gasteiger partial charge in [-0.05, 0) is 24.0 Å². The van der Waals surface area contributed by atoms with Crippen LogP contribution in [0.1, 0.15) is 35.3 Å². The summed E-state index contributed by atoms with van der Waals surface area (Å²) in [5, 5.41) is 4.75. The highest BCUT2D eigenvalue weighted by atomic mass is 16.5. The Bertz CT molecular complexity index is 1050. The standard InChI is InChI=1S/C21H24N6O2/c22-7-11-27-20-18(23-8-9-24-20)17(25-27)15-5-10-26(13-15)21(28)19-16-4-2-1-3-14(16)6-12-29-19/h1-4,8-9,15,19H,5-7,10-13,22H2/t15-,19+/m1/s1. The van der Waals surface area contributed by atoms with Gasteiger partial charge in [-0.2, -0.15) is 5.10 Å². The number of rotatable bonds is 4. The lowest BCUT2D eigenvalue weighted by molar-refractivity contribution is -0.144. The summed E-state index contributed by atoms with van der Waals surface area (Å²) in [5.74, 6) is 0.174. The van der Waals surface area contributed by atoms with Gasteiger partial charge in [0.25, 0.3) is 5.91 Å². The number of amides is 1. The summed E-state index contributed by atoms with van der Waals surface area (Å²) in [7, 11) is 0. The van der Waals surface area contributed by atoms with Crippen LogP contribution in [0, 0.1) is 0 Å². The molecule has 150 valence electrons. The van der Waals surface area contributed by atoms with E-state index in [0.29, 0.717) is 32.8 Å². The van der Waals surface area contributed by atoms with E-state index < -0.39 is 6.10 Å². The number of carbonyl (C=O) groups excluding carboxylic acids is 1. The molecule has 3 aromatic rings. The first-order valence-electron chi connectivity index (χ1n) is 10.1. The van der Waals surface area contributed by atoms with E-state index >= 15 is 0 Å². The van der Waals surface area contributed by atoms with Crippen LogP contribution < -0.4 is 5.73 Å². The molecular formula is C21H24N6O2. The number of ether oxygens (including phenoxy) is 1. The molecule has 1 aromatic carbocycles. The smallest absolute Gasteiger partial charge is 0.256 e. The van der Waals surface area contributed by atoms with Crippen molar-refractivity contribution in [1.29, 1.82) is 0 Å². The molecule has 2 aliphatic heterocycles. The highest BCUT2D eigenvalue weighted by Crippen LogP contribution is 2.34. The zero-order valence-corrected chi connectivity index (χ0v) is 16.2. The third-order valence-electron chi connectivity index (χ3n) is 5.84. The monoisotopic (exact) mass is 392 g/mol. The molecule has 2 atom stereocenters. The molecule has 1 fully saturated rings. The molecule has 2 aromatic heterocycles. The van der Waals surface area contributed by atoms with Gasteiger partial charge in [0.1, 0.15) is 5.52 Å². The van der Waals surface area contributed by atoms with Crippen molar-refractivity contribution in [2.75, 3.05) is 26.2 Å². The fourth-order valence-electron chi connectivity index (χ4n) is 4.43. The highest BCUT2D eigenvalue weighted by Gasteiger charge is 2.36. The molecule has 0 saturated carbocycles. The Labute approximate surface area is 168 Å². The Hall–Kier alpha value is -2.84. The van der Waals surface area contributed by atoms with Gasteiger partial charge in [0.05, 0.1) is 18.8 Å². The number of fused-ring (bicyclic) bond motifs is 2. The lowest BCUT2D eigenvalue weighted by atomic mass is 9.97. The predicted molar refractivity (Wildman–Crippen MR) is 107 cm³/mol. The maximum atomic E-state index is 13.2. The number of benzene rings is 1. The van der Waals surface area contributed by atoms with Crippen molar-refractivity contribution in [2.45, 2.75) is 31.4 Å². The lowest BCUT2D eigenvalue weighted by Gasteiger charge is -2.28. The first-order valence-corrected chi connectivity index (χ1v) is 10.1. The van der Waals surface area contributed by atoms with Crippen LogP contribution in [0.2, 0.25) is 0 Å². The predicted octanol–water partition coefficient (Wildman–Crippen LogP) is 1.41. The van der Waals surface area contributed by atoms with Crippen LogP contribution in [0.4, 0.5) is 0 Å². The molecule has 2 aliphatic rings. The van der Waals surface area contributed by atoms with Crippen LogP contribution in [-0.2, 0) is 22.5 Å². The number of hydrogen-bond acceptors (Lipinski definition) is 6. The van der Waals surface area contributed by atoms with Gasteiger partial charge in [0, 0.05) is 37.9 Å². The molecule has 0 bridgehead atoms. The number of hydrogen-bond donors (Lipinski definition) is 1. The summed E-state index contributed by atoms with van der Waals surface area (Å²) in [6, 6.07) is 8.07. The zero-order valence-electron chi connectivity index (χ0n) is 16.2. The van der Waals surface area contributed by atoms with Gasteiger partial charge in [0.15, 0.2) is 11.8 Å². The Morgan fingerprint density at radius 2 is 2.10 bits per heavy atom. The van der Waals surface area contributed by atoms with E-state index in [-0.39, 0.29) is 11.8 Å². The molecule has 2 N–H and O–H groups in total. The van der Waals surface area contributed by atoms with Crippen LogP contribution >= 0.6 is 0 Å². The average molecular weight is 392 g/mol. The summed E-state index contributed by atoms with van der Waals surface area (Å²) < 4.78 is 7.70. The van der Waals surface area contributed by atoms with Gasteiger partial charge >= 0.3 is 0 Å². The number of aromatic nitrogens is 4. The van der Waals surface area contributed by atoms with Crippen molar-refractivity contribution >= 4 is 17.1 Å². The minimum atomic E-state index is -0.509. The van der Waals surface area contributed by atoms with Gasteiger partial charge in [-0.1, -0.05) is 24.3 Å². The molecule has 1 amide bonds. The van der Waals surface area contributed by atoms with Crippen LogP contribution in [0.25, 0.3) is 11.2 Å². The number of nitrogens with zero attached hydrogens (tertiary/aromatic N) is 5. The molecular weight excluding hydrogens is 368 g/mol. The lowest BCUT2D eigenvalue weighted by Crippen LogP contribution is -2.36. The van der Waals surface area contributed by atoms with Crippen LogP contribution in [0.5, 0.6) is 0 Å². The summed E-state index contributed by atoms with van der Waals surface area (Å²) in [6.07, 6.45) is 4.55. The highest BCUT2D eigenvalue weighted by molar-refractivity contribution is 5.83. The fraction of sp³-hybridized carbons (Fsp3) is 0.429. The molecule has 8 heteroatoms. The Morgan fingerprint density at radius 3 is 3.00 bits per heavy atom. The third kappa shape index (κ3) is 3.18. The van der Waals surface area contributed by atoms with Crippen molar-refractivity contribution in [3.63, 3.8) is 0 Å². The quantitative estimate of drug-likeness (QED) is 0.721. The largest absolute Gasteiger partial charge is 0.363 e. The molecule has 8 nitrogen and oxygen atoms in total. The first kappa shape index (κ1) is 18.2. The molecule has 0 aliphatic carbocycles. The van der Waals surface area contributed by atoms with Crippen LogP contribution in [0.3, 0.4) is 0 Å². The van der Waals surface area contributed by atoms with Crippen molar-refractivity contribution in [3.8, 4) is 0 Å². The first-order chi connectivity index (χ1) is 14.3. The van der Waals surface area contributed by atoms with E-state index in [9.17, 15) is 4.79 Å². The second-order valence-corrected chi connectivity index (χ2v) is 7.60. The number of nitrogens with two attached hydrogens (primary N) is 1. The minimum absolute atomic E-state index is 0.0384. The van der Waals surface area contributed by atoms with Crippen molar-refractivity contribution in [3.05, 3.63) is 53.5 Å². The summed E-state index contributed by atoms with van der Waals surface area (Å²) in [4.78, 5) is 24.1. The topological polar surface area (TPSA) is 99.2 Å². The molecule has 0 radical (unpaired) electrons. The van der Waals surface area contributed by atoms with Crippen molar-refractivity contribution in [1.82, 2.24) is 24.6 Å². The van der Waals surface area contributed by atoms with Gasteiger partial charge in [-0.25, -0.2) is 14.6 Å². The average Bonchev–Trinajstić information content (AvgIpc) is 3.39. The Kier molecular flexibility index (Phi) is 4.73. The SMILES string of the molecule is NCCn1nc([C@@H]2CCN(C(=O)[C@H]3OCCc4ccccc43)C2)c2nccnc21. The summed E-state index contributed by atoms with van der Waals surface area (Å²) in [6.45, 7) is 2.97. The number of carbonyl (C=O) groups is 1. The van der Waals surface area contributed by atoms with E-state index in [1.807, 2.05) is 27.8 Å².